The molecule has 0 radical (unpaired) electrons. The number of amidine groups is 1. The number of nitrogens with one attached hydrogen (secondary N) is 3. The zero-order valence-electron chi connectivity index (χ0n) is 22.9. The molecule has 1 aliphatic heterocycles. The van der Waals surface area contributed by atoms with E-state index in [0.717, 1.165) is 11.1 Å². The van der Waals surface area contributed by atoms with Gasteiger partial charge in [0, 0.05) is 17.8 Å². The first kappa shape index (κ1) is 30.7. The Balaban J connectivity index is 1.36. The third-order valence-corrected chi connectivity index (χ3v) is 6.95. The molecule has 0 aliphatic carbocycles. The largest absolute Gasteiger partial charge is 0.389 e. The third-order valence-electron chi connectivity index (χ3n) is 5.94. The third kappa shape index (κ3) is 9.14. The van der Waals surface area contributed by atoms with Crippen LogP contribution in [0, 0.1) is 17.0 Å². The number of benzene rings is 3. The summed E-state index contributed by atoms with van der Waals surface area (Å²) in [6, 6.07) is 23.2. The van der Waals surface area contributed by atoms with Crippen molar-refractivity contribution in [2.75, 3.05) is 25.0 Å². The number of carbonyl (C=O) groups excluding carboxylic acids is 3. The van der Waals surface area contributed by atoms with Crippen LogP contribution in [0.4, 0.5) is 11.4 Å². The van der Waals surface area contributed by atoms with Crippen LogP contribution in [0.25, 0.3) is 6.08 Å². The number of hydrogen-bond donors (Lipinski definition) is 4. The molecular formula is C29H28N6O7S. The molecule has 0 aromatic heterocycles. The van der Waals surface area contributed by atoms with E-state index >= 15 is 0 Å². The molecule has 1 unspecified atom stereocenters. The number of amides is 3. The van der Waals surface area contributed by atoms with E-state index < -0.39 is 29.6 Å². The van der Waals surface area contributed by atoms with Crippen molar-refractivity contribution >= 4 is 52.1 Å². The highest BCUT2D eigenvalue weighted by Gasteiger charge is 2.34. The molecule has 0 bridgehead atoms. The van der Waals surface area contributed by atoms with Crippen LogP contribution in [0.1, 0.15) is 21.5 Å². The van der Waals surface area contributed by atoms with Crippen molar-refractivity contribution in [3.8, 4) is 0 Å². The van der Waals surface area contributed by atoms with Crippen molar-refractivity contribution < 1.29 is 29.4 Å². The van der Waals surface area contributed by atoms with Crippen LogP contribution in [0.5, 0.6) is 0 Å². The van der Waals surface area contributed by atoms with Gasteiger partial charge in [0.05, 0.1) is 23.2 Å². The van der Waals surface area contributed by atoms with Crippen molar-refractivity contribution in [1.29, 1.82) is 0 Å². The molecule has 13 nitrogen and oxygen atoms in total. The smallest absolute Gasteiger partial charge is 0.295 e. The summed E-state index contributed by atoms with van der Waals surface area (Å²) in [5, 5.41) is 23.4. The van der Waals surface area contributed by atoms with Crippen LogP contribution in [0.3, 0.4) is 0 Å². The van der Waals surface area contributed by atoms with E-state index in [-0.39, 0.29) is 24.6 Å². The number of aliphatic hydroxyl groups is 1. The van der Waals surface area contributed by atoms with E-state index in [4.69, 9.17) is 0 Å². The summed E-state index contributed by atoms with van der Waals surface area (Å²) in [4.78, 5) is 57.6. The molecule has 0 spiro atoms. The number of aryl methyl sites for hydroxylation is 1. The van der Waals surface area contributed by atoms with Crippen molar-refractivity contribution in [3.05, 3.63) is 111 Å². The zero-order chi connectivity index (χ0) is 30.8. The molecule has 14 heteroatoms. The minimum absolute atomic E-state index is 0.00388. The van der Waals surface area contributed by atoms with Crippen molar-refractivity contribution in [1.82, 2.24) is 15.8 Å². The van der Waals surface area contributed by atoms with Crippen molar-refractivity contribution in [2.24, 2.45) is 4.99 Å². The van der Waals surface area contributed by atoms with Gasteiger partial charge in [0.25, 0.3) is 22.8 Å². The lowest BCUT2D eigenvalue weighted by atomic mass is 10.1. The van der Waals surface area contributed by atoms with Gasteiger partial charge in [-0.2, -0.15) is 0 Å². The normalized spacial score (nSPS) is 15.3. The molecule has 0 saturated carbocycles. The van der Waals surface area contributed by atoms with Gasteiger partial charge in [-0.15, -0.1) is 10.1 Å². The van der Waals surface area contributed by atoms with Crippen molar-refractivity contribution in [3.63, 3.8) is 0 Å². The quantitative estimate of drug-likeness (QED) is 0.146. The molecule has 3 amide bonds. The average molecular weight is 605 g/mol. The predicted molar refractivity (Wildman–Crippen MR) is 161 cm³/mol. The number of hydrogen-bond acceptors (Lipinski definition) is 10. The Bertz CT molecular complexity index is 1530. The number of β-amino-alcohol motifs (C(OH)–C–C–N with tert-alkyl or cyclic N) is 1. The second-order valence-corrected chi connectivity index (χ2v) is 10.3. The van der Waals surface area contributed by atoms with E-state index in [9.17, 15) is 29.6 Å². The summed E-state index contributed by atoms with van der Waals surface area (Å²) in [6.07, 6.45) is 0.852. The molecule has 3 aromatic rings. The lowest BCUT2D eigenvalue weighted by Gasteiger charge is -2.20. The fraction of sp³-hybridized carbons (Fsp3) is 0.172. The van der Waals surface area contributed by atoms with Gasteiger partial charge in [-0.1, -0.05) is 48.0 Å². The maximum Gasteiger partial charge on any atom is 0.295 e. The van der Waals surface area contributed by atoms with Crippen LogP contribution in [-0.4, -0.2) is 63.8 Å². The molecule has 1 aliphatic rings. The Hall–Kier alpha value is -5.21. The average Bonchev–Trinajstić information content (AvgIpc) is 3.28. The monoisotopic (exact) mass is 604 g/mol. The highest BCUT2D eigenvalue weighted by molar-refractivity contribution is 8.18. The lowest BCUT2D eigenvalue weighted by Crippen LogP contribution is -2.43. The Labute approximate surface area is 250 Å². The summed E-state index contributed by atoms with van der Waals surface area (Å²) in [5.41, 5.74) is 7.60. The van der Waals surface area contributed by atoms with E-state index in [0.29, 0.717) is 21.4 Å². The first-order valence-electron chi connectivity index (χ1n) is 13.0. The minimum atomic E-state index is -1.12. The number of carbonyl (C=O) groups is 3. The number of anilines is 1. The van der Waals surface area contributed by atoms with Crippen molar-refractivity contribution in [2.45, 2.75) is 13.0 Å². The maximum atomic E-state index is 13.4. The lowest BCUT2D eigenvalue weighted by molar-refractivity contribution is -0.754. The summed E-state index contributed by atoms with van der Waals surface area (Å²) >= 11 is 1.25. The van der Waals surface area contributed by atoms with Crippen LogP contribution >= 0.6 is 11.8 Å². The Morgan fingerprint density at radius 3 is 2.44 bits per heavy atom. The van der Waals surface area contributed by atoms with E-state index in [2.05, 4.69) is 20.6 Å². The minimum Gasteiger partial charge on any atom is -0.389 e. The Morgan fingerprint density at radius 2 is 1.77 bits per heavy atom. The topological polar surface area (TPSA) is 176 Å². The van der Waals surface area contributed by atoms with Gasteiger partial charge in [-0.3, -0.25) is 30.1 Å². The fourth-order valence-electron chi connectivity index (χ4n) is 3.78. The van der Waals surface area contributed by atoms with Gasteiger partial charge >= 0.3 is 0 Å². The molecule has 43 heavy (non-hydrogen) atoms. The molecule has 1 atom stereocenters. The van der Waals surface area contributed by atoms with Gasteiger partial charge in [0.1, 0.15) is 0 Å². The number of aliphatic hydroxyl groups excluding tert-OH is 1. The number of rotatable bonds is 11. The zero-order valence-corrected chi connectivity index (χ0v) is 23.7. The second kappa shape index (κ2) is 14.6. The summed E-state index contributed by atoms with van der Waals surface area (Å²) < 4.78 is 0. The van der Waals surface area contributed by atoms with E-state index in [1.807, 2.05) is 66.9 Å². The fourth-order valence-corrected chi connectivity index (χ4v) is 4.78. The highest BCUT2D eigenvalue weighted by Crippen LogP contribution is 2.34. The Kier molecular flexibility index (Phi) is 10.4. The number of aliphatic imine (C=N–C) groups is 1. The first-order valence-corrected chi connectivity index (χ1v) is 13.8. The van der Waals surface area contributed by atoms with Crippen LogP contribution in [0.2, 0.25) is 0 Å². The van der Waals surface area contributed by atoms with Crippen LogP contribution < -0.4 is 16.2 Å². The van der Waals surface area contributed by atoms with Gasteiger partial charge in [-0.05, 0) is 66.7 Å². The summed E-state index contributed by atoms with van der Waals surface area (Å²) in [5.74, 6) is -1.81. The predicted octanol–water partition coefficient (Wildman–Crippen LogP) is 3.04. The number of hydrazine groups is 1. The summed E-state index contributed by atoms with van der Waals surface area (Å²) in [6.45, 7) is 1.23. The highest BCUT2D eigenvalue weighted by atomic mass is 32.2. The molecular weight excluding hydrogens is 576 g/mol. The van der Waals surface area contributed by atoms with Crippen LogP contribution in [0.15, 0.2) is 88.8 Å². The van der Waals surface area contributed by atoms with E-state index in [1.165, 1.54) is 28.8 Å². The molecule has 1 heterocycles. The number of para-hydroxylation sites is 1. The van der Waals surface area contributed by atoms with Gasteiger partial charge in [-0.25, -0.2) is 4.99 Å². The standard InChI is InChI=1S/C29H28N6O7S/c1-19-7-9-20(10-8-19)15-25-28(39)34(29(43-25)31-23-5-3-2-4-6-23)17-24(36)16-30-22-13-11-21(12-14-22)27(38)33-32-26(37)18-42-35(40)41/h2-15,24,30,36H,16-18H2,1H3,(H,32,37)(H,33,38)/b25-15-,31-29?. The molecule has 4 N–H and O–H groups in total. The van der Waals surface area contributed by atoms with Gasteiger partial charge in [0.2, 0.25) is 0 Å². The maximum absolute atomic E-state index is 13.4. The first-order chi connectivity index (χ1) is 20.7. The number of nitrogens with zero attached hydrogens (tertiary/aromatic N) is 3. The molecule has 222 valence electrons. The van der Waals surface area contributed by atoms with Gasteiger partial charge < -0.3 is 15.3 Å². The Morgan fingerprint density at radius 1 is 1.07 bits per heavy atom. The molecule has 1 fully saturated rings. The molecule has 1 saturated heterocycles. The summed E-state index contributed by atoms with van der Waals surface area (Å²) in [7, 11) is 0. The second-order valence-electron chi connectivity index (χ2n) is 9.28. The SMILES string of the molecule is Cc1ccc(/C=C2\SC(=Nc3ccccc3)N(CC(O)CNc3ccc(C(=O)NNC(=O)CO[N+](=O)[O-])cc3)C2=O)cc1. The molecule has 4 rings (SSSR count). The van der Waals surface area contributed by atoms with E-state index in [1.54, 1.807) is 18.2 Å². The van der Waals surface area contributed by atoms with Gasteiger partial charge in [0.15, 0.2) is 11.8 Å². The molecule has 3 aromatic carbocycles. The number of thioether (sulfide) groups is 1. The van der Waals surface area contributed by atoms with Crippen LogP contribution in [-0.2, 0) is 14.4 Å².